The third-order valence-corrected chi connectivity index (χ3v) is 7.33. The molecule has 160 valence electrons. The number of aromatic nitrogens is 2. The number of likely N-dealkylation sites (tertiary alicyclic amines) is 1. The first-order valence-corrected chi connectivity index (χ1v) is 11.2. The Morgan fingerprint density at radius 3 is 2.83 bits per heavy atom. The topological polar surface area (TPSA) is 60.0 Å². The van der Waals surface area contributed by atoms with Crippen molar-refractivity contribution in [3.8, 4) is 6.07 Å². The maximum absolute atomic E-state index is 9.37. The van der Waals surface area contributed by atoms with Crippen LogP contribution in [0.15, 0.2) is 24.4 Å². The number of hydrogen-bond donors (Lipinski definition) is 0. The summed E-state index contributed by atoms with van der Waals surface area (Å²) in [6.45, 7) is 7.31. The fourth-order valence-electron chi connectivity index (χ4n) is 6.11. The number of nitrogens with zero attached hydrogens (tertiary/aromatic N) is 6. The first-order valence-electron chi connectivity index (χ1n) is 11.2. The summed E-state index contributed by atoms with van der Waals surface area (Å²) in [7, 11) is 4.46. The molecule has 3 aliphatic rings. The molecule has 5 atom stereocenters. The molecule has 7 heteroatoms. The van der Waals surface area contributed by atoms with Crippen LogP contribution in [0.2, 0.25) is 0 Å². The summed E-state index contributed by atoms with van der Waals surface area (Å²) >= 11 is 0. The molecule has 4 heterocycles. The maximum atomic E-state index is 9.37. The van der Waals surface area contributed by atoms with Crippen LogP contribution in [0, 0.1) is 23.2 Å². The molecule has 0 radical (unpaired) electrons. The van der Waals surface area contributed by atoms with Crippen molar-refractivity contribution in [2.24, 2.45) is 11.8 Å². The van der Waals surface area contributed by atoms with Gasteiger partial charge in [0, 0.05) is 38.8 Å². The van der Waals surface area contributed by atoms with Gasteiger partial charge in [0.2, 0.25) is 0 Å². The van der Waals surface area contributed by atoms with E-state index in [-0.39, 0.29) is 12.2 Å². The van der Waals surface area contributed by atoms with Crippen LogP contribution >= 0.6 is 0 Å². The Bertz CT molecular complexity index is 949. The first kappa shape index (κ1) is 19.8. The number of morpholine rings is 1. The van der Waals surface area contributed by atoms with Crippen LogP contribution < -0.4 is 4.90 Å². The predicted molar refractivity (Wildman–Crippen MR) is 117 cm³/mol. The molecule has 1 aliphatic carbocycles. The molecule has 2 aliphatic heterocycles. The zero-order chi connectivity index (χ0) is 20.8. The number of hydrogen-bond acceptors (Lipinski definition) is 6. The quantitative estimate of drug-likeness (QED) is 0.772. The molecule has 7 nitrogen and oxygen atoms in total. The van der Waals surface area contributed by atoms with Gasteiger partial charge in [0.25, 0.3) is 0 Å². The number of ether oxygens (including phenoxy) is 1. The minimum Gasteiger partial charge on any atom is -0.370 e. The molecule has 0 N–H and O–H groups in total. The highest BCUT2D eigenvalue weighted by Gasteiger charge is 2.44. The van der Waals surface area contributed by atoms with E-state index in [0.717, 1.165) is 48.7 Å². The molecule has 0 aromatic carbocycles. The molecule has 3 fully saturated rings. The van der Waals surface area contributed by atoms with Crippen molar-refractivity contribution in [1.82, 2.24) is 19.4 Å². The van der Waals surface area contributed by atoms with Crippen LogP contribution in [-0.4, -0.2) is 84.5 Å². The van der Waals surface area contributed by atoms with E-state index < -0.39 is 0 Å². The summed E-state index contributed by atoms with van der Waals surface area (Å²) in [5, 5.41) is 13.7. The lowest BCUT2D eigenvalue weighted by Gasteiger charge is -2.40. The molecule has 30 heavy (non-hydrogen) atoms. The summed E-state index contributed by atoms with van der Waals surface area (Å²) in [6.07, 6.45) is 4.86. The van der Waals surface area contributed by atoms with Crippen LogP contribution in [0.5, 0.6) is 0 Å². The summed E-state index contributed by atoms with van der Waals surface area (Å²) in [5.41, 5.74) is 2.69. The molecule has 1 saturated carbocycles. The second-order valence-corrected chi connectivity index (χ2v) is 9.57. The molecule has 3 unspecified atom stereocenters. The fraction of sp³-hybridized carbons (Fsp3) is 0.652. The molecule has 0 amide bonds. The van der Waals surface area contributed by atoms with Crippen molar-refractivity contribution in [2.75, 3.05) is 51.7 Å². The van der Waals surface area contributed by atoms with Gasteiger partial charge in [0.1, 0.15) is 11.8 Å². The van der Waals surface area contributed by atoms with Crippen molar-refractivity contribution >= 4 is 11.2 Å². The Morgan fingerprint density at radius 1 is 1.17 bits per heavy atom. The van der Waals surface area contributed by atoms with Gasteiger partial charge in [-0.2, -0.15) is 10.4 Å². The van der Waals surface area contributed by atoms with Crippen molar-refractivity contribution < 1.29 is 4.74 Å². The summed E-state index contributed by atoms with van der Waals surface area (Å²) in [4.78, 5) is 7.48. The van der Waals surface area contributed by atoms with Crippen LogP contribution in [0.4, 0.5) is 5.69 Å². The van der Waals surface area contributed by atoms with Crippen molar-refractivity contribution in [1.29, 1.82) is 5.26 Å². The third kappa shape index (κ3) is 3.47. The van der Waals surface area contributed by atoms with E-state index in [9.17, 15) is 5.26 Å². The molecule has 2 aromatic heterocycles. The van der Waals surface area contributed by atoms with Crippen molar-refractivity contribution in [3.63, 3.8) is 0 Å². The molecular formula is C23H32N6O. The maximum Gasteiger partial charge on any atom is 0.142 e. The van der Waals surface area contributed by atoms with Gasteiger partial charge in [-0.05, 0) is 63.9 Å². The highest BCUT2D eigenvalue weighted by Crippen LogP contribution is 2.40. The van der Waals surface area contributed by atoms with E-state index in [1.54, 1.807) is 10.7 Å². The number of rotatable bonds is 4. The van der Waals surface area contributed by atoms with Gasteiger partial charge in [-0.25, -0.2) is 4.52 Å². The van der Waals surface area contributed by atoms with E-state index in [2.05, 4.69) is 53.0 Å². The number of fused-ring (bicyclic) bond motifs is 2. The lowest BCUT2D eigenvalue weighted by atomic mass is 9.97. The zero-order valence-electron chi connectivity index (χ0n) is 18.2. The number of nitriles is 1. The first-order chi connectivity index (χ1) is 14.5. The van der Waals surface area contributed by atoms with Crippen LogP contribution in [0.3, 0.4) is 0 Å². The Kier molecular flexibility index (Phi) is 5.18. The Labute approximate surface area is 178 Å². The highest BCUT2D eigenvalue weighted by molar-refractivity contribution is 5.74. The highest BCUT2D eigenvalue weighted by atomic mass is 16.5. The second kappa shape index (κ2) is 7.84. The number of pyridine rings is 1. The standard InChI is InChI=1S/C23H32N6O/c1-16-11-28(22-7-5-18(10-24)29-23(22)8-9-25-29)14-19(30-16)13-27-12-17-4-6-21(26(2)3)20(17)15-27/h5,7-9,16-17,19-21H,4,6,11-15H2,1-3H3/t16-,17?,19+,20?,21?/m1/s1. The molecule has 0 spiro atoms. The summed E-state index contributed by atoms with van der Waals surface area (Å²) in [6, 6.07) is 8.89. The van der Waals surface area contributed by atoms with Gasteiger partial charge in [0.15, 0.2) is 0 Å². The zero-order valence-corrected chi connectivity index (χ0v) is 18.2. The second-order valence-electron chi connectivity index (χ2n) is 9.57. The SMILES string of the molecule is C[C@@H]1CN(c2ccc(C#N)n3nccc23)C[C@H](CN2CC3CCC(N(C)C)C3C2)O1. The molecule has 2 saturated heterocycles. The lowest BCUT2D eigenvalue weighted by molar-refractivity contribution is -0.0305. The Hall–Kier alpha value is -2.14. The van der Waals surface area contributed by atoms with Gasteiger partial charge >= 0.3 is 0 Å². The fourth-order valence-corrected chi connectivity index (χ4v) is 6.11. The Balaban J connectivity index is 1.30. The molecular weight excluding hydrogens is 376 g/mol. The minimum atomic E-state index is 0.180. The van der Waals surface area contributed by atoms with Crippen LogP contribution in [0.25, 0.3) is 5.52 Å². The van der Waals surface area contributed by atoms with E-state index in [4.69, 9.17) is 4.74 Å². The van der Waals surface area contributed by atoms with Crippen LogP contribution in [-0.2, 0) is 4.74 Å². The third-order valence-electron chi connectivity index (χ3n) is 7.33. The van der Waals surface area contributed by atoms with Gasteiger partial charge < -0.3 is 19.4 Å². The van der Waals surface area contributed by atoms with Gasteiger partial charge in [-0.3, -0.25) is 0 Å². The minimum absolute atomic E-state index is 0.180. The van der Waals surface area contributed by atoms with E-state index in [1.165, 1.54) is 25.9 Å². The largest absolute Gasteiger partial charge is 0.370 e. The Morgan fingerprint density at radius 2 is 2.03 bits per heavy atom. The predicted octanol–water partition coefficient (Wildman–Crippen LogP) is 2.07. The smallest absolute Gasteiger partial charge is 0.142 e. The van der Waals surface area contributed by atoms with E-state index in [1.807, 2.05) is 12.1 Å². The molecule has 0 bridgehead atoms. The average Bonchev–Trinajstić information content (AvgIpc) is 3.41. The molecule has 2 aromatic rings. The average molecular weight is 409 g/mol. The monoisotopic (exact) mass is 408 g/mol. The van der Waals surface area contributed by atoms with Gasteiger partial charge in [-0.15, -0.1) is 0 Å². The number of anilines is 1. The van der Waals surface area contributed by atoms with E-state index >= 15 is 0 Å². The normalized spacial score (nSPS) is 32.1. The van der Waals surface area contributed by atoms with Gasteiger partial charge in [0.05, 0.1) is 29.6 Å². The van der Waals surface area contributed by atoms with Crippen molar-refractivity contribution in [2.45, 2.75) is 38.0 Å². The van der Waals surface area contributed by atoms with E-state index in [0.29, 0.717) is 5.69 Å². The molecule has 5 rings (SSSR count). The van der Waals surface area contributed by atoms with Crippen molar-refractivity contribution in [3.05, 3.63) is 30.1 Å². The lowest BCUT2D eigenvalue weighted by Crippen LogP contribution is -2.51. The van der Waals surface area contributed by atoms with Crippen LogP contribution in [0.1, 0.15) is 25.5 Å². The summed E-state index contributed by atoms with van der Waals surface area (Å²) in [5.74, 6) is 1.65. The van der Waals surface area contributed by atoms with Gasteiger partial charge in [-0.1, -0.05) is 0 Å². The summed E-state index contributed by atoms with van der Waals surface area (Å²) < 4.78 is 8.11.